The molecule has 0 fully saturated rings. The Labute approximate surface area is 80.9 Å². The third-order valence-corrected chi connectivity index (χ3v) is 1.31. The van der Waals surface area contributed by atoms with Gasteiger partial charge >= 0.3 is 11.9 Å². The zero-order valence-electron chi connectivity index (χ0n) is 7.90. The summed E-state index contributed by atoms with van der Waals surface area (Å²) in [7, 11) is 0. The van der Waals surface area contributed by atoms with E-state index >= 15 is 0 Å². The number of carbonyl (C=O) groups excluding carboxylic acids is 2. The molecule has 1 heterocycles. The third kappa shape index (κ3) is 2.93. The fourth-order valence-corrected chi connectivity index (χ4v) is 0.882. The Bertz CT molecular complexity index is 281. The van der Waals surface area contributed by atoms with Crippen LogP contribution in [0.25, 0.3) is 0 Å². The van der Waals surface area contributed by atoms with Crippen LogP contribution in [-0.4, -0.2) is 18.5 Å². The van der Waals surface area contributed by atoms with E-state index < -0.39 is 11.9 Å². The Balaban J connectivity index is 2.70. The van der Waals surface area contributed by atoms with E-state index in [9.17, 15) is 9.59 Å². The van der Waals surface area contributed by atoms with Gasteiger partial charge in [-0.1, -0.05) is 0 Å². The predicted molar refractivity (Wildman–Crippen MR) is 45.7 cm³/mol. The van der Waals surface area contributed by atoms with E-state index in [2.05, 4.69) is 0 Å². The van der Waals surface area contributed by atoms with E-state index in [1.165, 1.54) is 26.2 Å². The molecule has 0 aromatic rings. The van der Waals surface area contributed by atoms with Gasteiger partial charge in [0.25, 0.3) is 0 Å². The number of ether oxygens (including phenoxy) is 3. The van der Waals surface area contributed by atoms with Crippen molar-refractivity contribution in [2.45, 2.75) is 13.8 Å². The SMILES string of the molecule is CC(=O)OC1=CCOC=C1OC(C)=O. The van der Waals surface area contributed by atoms with Crippen LogP contribution in [-0.2, 0) is 23.8 Å². The third-order valence-electron chi connectivity index (χ3n) is 1.31. The number of hydrogen-bond donors (Lipinski definition) is 0. The second kappa shape index (κ2) is 4.45. The molecule has 0 aliphatic carbocycles. The highest BCUT2D eigenvalue weighted by atomic mass is 16.6. The maximum atomic E-state index is 10.7. The van der Waals surface area contributed by atoms with Gasteiger partial charge in [-0.05, 0) is 6.08 Å². The van der Waals surface area contributed by atoms with E-state index in [0.717, 1.165) is 0 Å². The fraction of sp³-hybridized carbons (Fsp3) is 0.333. The second-order valence-electron chi connectivity index (χ2n) is 2.57. The van der Waals surface area contributed by atoms with Crippen molar-refractivity contribution < 1.29 is 23.8 Å². The lowest BCUT2D eigenvalue weighted by Gasteiger charge is -2.14. The van der Waals surface area contributed by atoms with Gasteiger partial charge in [0.1, 0.15) is 12.9 Å². The van der Waals surface area contributed by atoms with Crippen molar-refractivity contribution in [2.24, 2.45) is 0 Å². The van der Waals surface area contributed by atoms with Gasteiger partial charge in [-0.15, -0.1) is 0 Å². The average Bonchev–Trinajstić information content (AvgIpc) is 2.06. The zero-order valence-corrected chi connectivity index (χ0v) is 7.90. The van der Waals surface area contributed by atoms with E-state index in [1.807, 2.05) is 0 Å². The van der Waals surface area contributed by atoms with Crippen molar-refractivity contribution in [2.75, 3.05) is 6.61 Å². The van der Waals surface area contributed by atoms with Crippen LogP contribution in [0.2, 0.25) is 0 Å². The highest BCUT2D eigenvalue weighted by Crippen LogP contribution is 2.17. The minimum Gasteiger partial charge on any atom is -0.493 e. The van der Waals surface area contributed by atoms with Crippen LogP contribution in [0, 0.1) is 0 Å². The molecule has 0 saturated carbocycles. The van der Waals surface area contributed by atoms with Crippen LogP contribution in [0.4, 0.5) is 0 Å². The predicted octanol–water partition coefficient (Wildman–Crippen LogP) is 0.868. The maximum Gasteiger partial charge on any atom is 0.308 e. The van der Waals surface area contributed by atoms with Gasteiger partial charge in [-0.25, -0.2) is 0 Å². The molecule has 76 valence electrons. The largest absolute Gasteiger partial charge is 0.493 e. The molecule has 0 aromatic carbocycles. The maximum absolute atomic E-state index is 10.7. The molecule has 0 spiro atoms. The normalized spacial score (nSPS) is 14.7. The van der Waals surface area contributed by atoms with Crippen LogP contribution in [0.15, 0.2) is 23.9 Å². The number of rotatable bonds is 2. The van der Waals surface area contributed by atoms with E-state index in [4.69, 9.17) is 14.2 Å². The Kier molecular flexibility index (Phi) is 3.28. The van der Waals surface area contributed by atoms with Crippen molar-refractivity contribution in [3.8, 4) is 0 Å². The first-order valence-corrected chi connectivity index (χ1v) is 3.98. The second-order valence-corrected chi connectivity index (χ2v) is 2.57. The van der Waals surface area contributed by atoms with Gasteiger partial charge < -0.3 is 14.2 Å². The standard InChI is InChI=1S/C9H10O5/c1-6(10)13-8-3-4-12-5-9(8)14-7(2)11/h3,5H,4H2,1-2H3. The molecule has 0 N–H and O–H groups in total. The van der Waals surface area contributed by atoms with Crippen LogP contribution in [0.5, 0.6) is 0 Å². The summed E-state index contributed by atoms with van der Waals surface area (Å²) in [5.41, 5.74) is 0. The first kappa shape index (κ1) is 10.3. The molecule has 1 aliphatic heterocycles. The Morgan fingerprint density at radius 1 is 1.21 bits per heavy atom. The van der Waals surface area contributed by atoms with Gasteiger partial charge in [0.15, 0.2) is 5.76 Å². The van der Waals surface area contributed by atoms with E-state index in [1.54, 1.807) is 0 Å². The monoisotopic (exact) mass is 198 g/mol. The fourth-order valence-electron chi connectivity index (χ4n) is 0.882. The highest BCUT2D eigenvalue weighted by Gasteiger charge is 2.16. The van der Waals surface area contributed by atoms with Crippen LogP contribution >= 0.6 is 0 Å². The lowest BCUT2D eigenvalue weighted by molar-refractivity contribution is -0.141. The first-order valence-electron chi connectivity index (χ1n) is 3.98. The molecule has 0 aromatic heterocycles. The summed E-state index contributed by atoms with van der Waals surface area (Å²) in [5, 5.41) is 0. The summed E-state index contributed by atoms with van der Waals surface area (Å²) in [6.07, 6.45) is 2.75. The van der Waals surface area contributed by atoms with Gasteiger partial charge in [0.05, 0.1) is 0 Å². The molecule has 14 heavy (non-hydrogen) atoms. The topological polar surface area (TPSA) is 61.8 Å². The van der Waals surface area contributed by atoms with Gasteiger partial charge in [-0.3, -0.25) is 9.59 Å². The lowest BCUT2D eigenvalue weighted by Crippen LogP contribution is -2.11. The molecule has 0 amide bonds. The lowest BCUT2D eigenvalue weighted by atomic mass is 10.3. The zero-order chi connectivity index (χ0) is 10.6. The molecule has 0 radical (unpaired) electrons. The molecule has 0 atom stereocenters. The van der Waals surface area contributed by atoms with Gasteiger partial charge in [0.2, 0.25) is 5.76 Å². The molecule has 0 bridgehead atoms. The summed E-state index contributed by atoms with van der Waals surface area (Å²) in [4.78, 5) is 21.3. The van der Waals surface area contributed by atoms with Crippen molar-refractivity contribution in [1.82, 2.24) is 0 Å². The average molecular weight is 198 g/mol. The molecular weight excluding hydrogens is 188 g/mol. The van der Waals surface area contributed by atoms with E-state index in [0.29, 0.717) is 0 Å². The summed E-state index contributed by atoms with van der Waals surface area (Å²) in [6, 6.07) is 0. The summed E-state index contributed by atoms with van der Waals surface area (Å²) in [6.45, 7) is 2.80. The molecule has 0 unspecified atom stereocenters. The smallest absolute Gasteiger partial charge is 0.308 e. The Morgan fingerprint density at radius 3 is 2.36 bits per heavy atom. The van der Waals surface area contributed by atoms with Crippen molar-refractivity contribution >= 4 is 11.9 Å². The number of esters is 2. The van der Waals surface area contributed by atoms with Crippen LogP contribution in [0.1, 0.15) is 13.8 Å². The van der Waals surface area contributed by atoms with Crippen LogP contribution in [0.3, 0.4) is 0 Å². The Morgan fingerprint density at radius 2 is 1.79 bits per heavy atom. The van der Waals surface area contributed by atoms with Crippen molar-refractivity contribution in [3.05, 3.63) is 23.9 Å². The molecule has 5 heteroatoms. The summed E-state index contributed by atoms with van der Waals surface area (Å²) >= 11 is 0. The van der Waals surface area contributed by atoms with Gasteiger partial charge in [0, 0.05) is 13.8 Å². The molecular formula is C9H10O5. The number of carbonyl (C=O) groups is 2. The molecule has 0 saturated heterocycles. The van der Waals surface area contributed by atoms with E-state index in [-0.39, 0.29) is 18.1 Å². The van der Waals surface area contributed by atoms with Gasteiger partial charge in [-0.2, -0.15) is 0 Å². The first-order chi connectivity index (χ1) is 6.59. The van der Waals surface area contributed by atoms with Crippen molar-refractivity contribution in [1.29, 1.82) is 0 Å². The molecule has 1 rings (SSSR count). The number of hydrogen-bond acceptors (Lipinski definition) is 5. The minimum atomic E-state index is -0.500. The summed E-state index contributed by atoms with van der Waals surface area (Å²) < 4.78 is 14.4. The molecule has 5 nitrogen and oxygen atoms in total. The highest BCUT2D eigenvalue weighted by molar-refractivity contribution is 5.70. The minimum absolute atomic E-state index is 0.110. The molecule has 1 aliphatic rings. The quantitative estimate of drug-likeness (QED) is 0.616. The summed E-state index contributed by atoms with van der Waals surface area (Å²) in [5.74, 6) is -0.658. The van der Waals surface area contributed by atoms with Crippen molar-refractivity contribution in [3.63, 3.8) is 0 Å². The Hall–Kier alpha value is -1.78. The van der Waals surface area contributed by atoms with Crippen LogP contribution < -0.4 is 0 Å².